The highest BCUT2D eigenvalue weighted by molar-refractivity contribution is 9.10. The SMILES string of the molecule is C=C1CC[C@@H]2C(C)(C)[C@@H](Br)CC[C@]2(C)[C@@H]1Cc1cc(C)c(Br)cc1C. The van der Waals surface area contributed by atoms with Crippen molar-refractivity contribution >= 4 is 31.9 Å². The molecule has 0 saturated heterocycles. The number of aryl methyl sites for hydroxylation is 2. The summed E-state index contributed by atoms with van der Waals surface area (Å²) >= 11 is 7.68. The smallest absolute Gasteiger partial charge is 0.0207 e. The van der Waals surface area contributed by atoms with Crippen LogP contribution in [0.25, 0.3) is 0 Å². The van der Waals surface area contributed by atoms with Crippen LogP contribution >= 0.6 is 31.9 Å². The molecule has 2 aliphatic carbocycles. The minimum absolute atomic E-state index is 0.358. The van der Waals surface area contributed by atoms with E-state index in [2.05, 4.69) is 85.2 Å². The highest BCUT2D eigenvalue weighted by atomic mass is 79.9. The molecule has 2 heteroatoms. The van der Waals surface area contributed by atoms with Gasteiger partial charge in [-0.15, -0.1) is 0 Å². The van der Waals surface area contributed by atoms with E-state index in [1.807, 2.05) is 0 Å². The van der Waals surface area contributed by atoms with E-state index >= 15 is 0 Å². The number of hydrogen-bond donors (Lipinski definition) is 0. The molecule has 0 spiro atoms. The summed E-state index contributed by atoms with van der Waals surface area (Å²) in [5, 5.41) is 0. The summed E-state index contributed by atoms with van der Waals surface area (Å²) in [5.41, 5.74) is 6.47. The van der Waals surface area contributed by atoms with Crippen molar-refractivity contribution in [3.05, 3.63) is 45.4 Å². The van der Waals surface area contributed by atoms with Gasteiger partial charge in [0, 0.05) is 9.30 Å². The Hall–Kier alpha value is -0.0800. The fourth-order valence-electron chi connectivity index (χ4n) is 5.80. The highest BCUT2D eigenvalue weighted by Crippen LogP contribution is 2.62. The first-order valence-corrected chi connectivity index (χ1v) is 11.4. The third kappa shape index (κ3) is 3.31. The summed E-state index contributed by atoms with van der Waals surface area (Å²) in [7, 11) is 0. The standard InChI is InChI=1S/C23H32Br2/c1-14-7-8-20-22(4,5)21(25)9-10-23(20,6)18(14)13-17-11-16(3)19(24)12-15(17)2/h11-12,18,20-21H,1,7-10,13H2,2-6H3/t18-,20-,21+,23-/m1/s1. The van der Waals surface area contributed by atoms with Gasteiger partial charge in [-0.25, -0.2) is 0 Å². The van der Waals surface area contributed by atoms with E-state index in [0.717, 1.165) is 12.3 Å². The molecule has 0 radical (unpaired) electrons. The van der Waals surface area contributed by atoms with Crippen molar-refractivity contribution < 1.29 is 0 Å². The second-order valence-corrected chi connectivity index (χ2v) is 11.3. The Morgan fingerprint density at radius 3 is 2.48 bits per heavy atom. The lowest BCUT2D eigenvalue weighted by Crippen LogP contribution is -2.53. The third-order valence-corrected chi connectivity index (χ3v) is 10.0. The van der Waals surface area contributed by atoms with Gasteiger partial charge in [-0.1, -0.05) is 70.8 Å². The Bertz CT molecular complexity index is 688. The molecule has 0 bridgehead atoms. The predicted molar refractivity (Wildman–Crippen MR) is 117 cm³/mol. The molecule has 0 N–H and O–H groups in total. The van der Waals surface area contributed by atoms with Gasteiger partial charge in [0.1, 0.15) is 0 Å². The van der Waals surface area contributed by atoms with Gasteiger partial charge in [0.2, 0.25) is 0 Å². The minimum atomic E-state index is 0.358. The maximum absolute atomic E-state index is 4.54. The lowest BCUT2D eigenvalue weighted by Gasteiger charge is -2.59. The molecule has 2 fully saturated rings. The van der Waals surface area contributed by atoms with Crippen molar-refractivity contribution in [3.8, 4) is 0 Å². The van der Waals surface area contributed by atoms with Gasteiger partial charge in [0.15, 0.2) is 0 Å². The van der Waals surface area contributed by atoms with Crippen LogP contribution in [-0.2, 0) is 6.42 Å². The van der Waals surface area contributed by atoms with Crippen LogP contribution in [0.2, 0.25) is 0 Å². The third-order valence-electron chi connectivity index (χ3n) is 7.52. The van der Waals surface area contributed by atoms with E-state index in [4.69, 9.17) is 0 Å². The molecule has 1 aromatic rings. The second kappa shape index (κ2) is 6.82. The molecule has 25 heavy (non-hydrogen) atoms. The number of allylic oxidation sites excluding steroid dienone is 1. The first kappa shape index (κ1) is 19.7. The minimum Gasteiger partial charge on any atom is -0.0995 e. The van der Waals surface area contributed by atoms with Crippen molar-refractivity contribution in [2.45, 2.75) is 71.5 Å². The van der Waals surface area contributed by atoms with Crippen LogP contribution < -0.4 is 0 Å². The molecule has 0 unspecified atom stereocenters. The molecule has 1 aromatic carbocycles. The quantitative estimate of drug-likeness (QED) is 0.307. The summed E-state index contributed by atoms with van der Waals surface area (Å²) in [5.74, 6) is 1.37. The molecule has 2 aliphatic rings. The zero-order chi connectivity index (χ0) is 18.6. The van der Waals surface area contributed by atoms with Gasteiger partial charge < -0.3 is 0 Å². The fraction of sp³-hybridized carbons (Fsp3) is 0.652. The lowest BCUT2D eigenvalue weighted by atomic mass is 9.47. The van der Waals surface area contributed by atoms with Gasteiger partial charge >= 0.3 is 0 Å². The van der Waals surface area contributed by atoms with E-state index in [-0.39, 0.29) is 0 Å². The summed E-state index contributed by atoms with van der Waals surface area (Å²) in [4.78, 5) is 0.641. The molecular weight excluding hydrogens is 436 g/mol. The molecule has 0 aliphatic heterocycles. The van der Waals surface area contributed by atoms with Gasteiger partial charge in [-0.3, -0.25) is 0 Å². The maximum atomic E-state index is 4.54. The summed E-state index contributed by atoms with van der Waals surface area (Å²) in [6.07, 6.45) is 6.24. The molecule has 0 amide bonds. The summed E-state index contributed by atoms with van der Waals surface area (Å²) < 4.78 is 1.22. The molecular formula is C23H32Br2. The summed E-state index contributed by atoms with van der Waals surface area (Å²) in [6.45, 7) is 16.5. The van der Waals surface area contributed by atoms with Crippen LogP contribution in [0.5, 0.6) is 0 Å². The van der Waals surface area contributed by atoms with Crippen LogP contribution in [-0.4, -0.2) is 4.83 Å². The molecule has 138 valence electrons. The highest BCUT2D eigenvalue weighted by Gasteiger charge is 2.55. The first-order chi connectivity index (χ1) is 11.6. The lowest BCUT2D eigenvalue weighted by molar-refractivity contribution is -0.0460. The maximum Gasteiger partial charge on any atom is 0.0207 e. The molecule has 2 saturated carbocycles. The zero-order valence-corrected chi connectivity index (χ0v) is 19.6. The Morgan fingerprint density at radius 1 is 1.12 bits per heavy atom. The number of rotatable bonds is 2. The van der Waals surface area contributed by atoms with Crippen LogP contribution in [0.3, 0.4) is 0 Å². The molecule has 0 nitrogen and oxygen atoms in total. The Kier molecular flexibility index (Phi) is 5.37. The molecule has 0 heterocycles. The number of benzene rings is 1. The van der Waals surface area contributed by atoms with Crippen molar-refractivity contribution in [1.82, 2.24) is 0 Å². The molecule has 0 aromatic heterocycles. The van der Waals surface area contributed by atoms with Gasteiger partial charge in [-0.2, -0.15) is 0 Å². The van der Waals surface area contributed by atoms with Crippen LogP contribution in [0.4, 0.5) is 0 Å². The average molecular weight is 468 g/mol. The Morgan fingerprint density at radius 2 is 1.80 bits per heavy atom. The topological polar surface area (TPSA) is 0 Å². The van der Waals surface area contributed by atoms with E-state index in [1.165, 1.54) is 52.4 Å². The van der Waals surface area contributed by atoms with E-state index in [1.54, 1.807) is 0 Å². The Balaban J connectivity index is 1.97. The van der Waals surface area contributed by atoms with E-state index in [9.17, 15) is 0 Å². The zero-order valence-electron chi connectivity index (χ0n) is 16.4. The predicted octanol–water partition coefficient (Wildman–Crippen LogP) is 7.78. The normalized spacial score (nSPS) is 34.7. The van der Waals surface area contributed by atoms with Gasteiger partial charge in [0.05, 0.1) is 0 Å². The van der Waals surface area contributed by atoms with Crippen LogP contribution in [0, 0.1) is 36.5 Å². The van der Waals surface area contributed by atoms with E-state index in [0.29, 0.717) is 21.6 Å². The Labute approximate surface area is 171 Å². The van der Waals surface area contributed by atoms with Gasteiger partial charge in [0.25, 0.3) is 0 Å². The van der Waals surface area contributed by atoms with Crippen molar-refractivity contribution in [2.24, 2.45) is 22.7 Å². The monoisotopic (exact) mass is 466 g/mol. The largest absolute Gasteiger partial charge is 0.0995 e. The second-order valence-electron chi connectivity index (χ2n) is 9.37. The number of hydrogen-bond acceptors (Lipinski definition) is 0. The van der Waals surface area contributed by atoms with Crippen molar-refractivity contribution in [3.63, 3.8) is 0 Å². The molecule has 4 atom stereocenters. The van der Waals surface area contributed by atoms with Crippen LogP contribution in [0.15, 0.2) is 28.8 Å². The van der Waals surface area contributed by atoms with E-state index < -0.39 is 0 Å². The van der Waals surface area contributed by atoms with Crippen molar-refractivity contribution in [1.29, 1.82) is 0 Å². The fourth-order valence-corrected chi connectivity index (χ4v) is 6.81. The molecule has 3 rings (SSSR count). The number of alkyl halides is 1. The van der Waals surface area contributed by atoms with Crippen LogP contribution in [0.1, 0.15) is 63.1 Å². The number of fused-ring (bicyclic) bond motifs is 1. The average Bonchev–Trinajstić information content (AvgIpc) is 2.52. The van der Waals surface area contributed by atoms with Gasteiger partial charge in [-0.05, 0) is 91.4 Å². The summed E-state index contributed by atoms with van der Waals surface area (Å²) in [6, 6.07) is 4.68. The number of halogens is 2. The van der Waals surface area contributed by atoms with Crippen molar-refractivity contribution in [2.75, 3.05) is 0 Å². The first-order valence-electron chi connectivity index (χ1n) is 9.64.